The van der Waals surface area contributed by atoms with Crippen LogP contribution in [0.25, 0.3) is 0 Å². The first kappa shape index (κ1) is 9.63. The number of allylic oxidation sites excluding steroid dienone is 1. The third-order valence-corrected chi connectivity index (χ3v) is 2.60. The lowest BCUT2D eigenvalue weighted by Crippen LogP contribution is -2.08. The largest absolute Gasteiger partial charge is 0.502 e. The van der Waals surface area contributed by atoms with Gasteiger partial charge >= 0.3 is 0 Å². The second-order valence-electron chi connectivity index (χ2n) is 3.63. The maximum atomic E-state index is 5.30. The molecule has 1 heteroatoms. The van der Waals surface area contributed by atoms with E-state index in [-0.39, 0.29) is 0 Å². The summed E-state index contributed by atoms with van der Waals surface area (Å²) in [5.41, 5.74) is 0. The maximum absolute atomic E-state index is 5.30. The second kappa shape index (κ2) is 6.10. The Morgan fingerprint density at radius 1 is 1.25 bits per heavy atom. The van der Waals surface area contributed by atoms with Crippen molar-refractivity contribution in [1.29, 1.82) is 0 Å². The average molecular weight is 168 g/mol. The van der Waals surface area contributed by atoms with E-state index in [1.165, 1.54) is 38.5 Å². The molecule has 1 fully saturated rings. The van der Waals surface area contributed by atoms with E-state index in [0.29, 0.717) is 0 Å². The molecule has 1 nitrogen and oxygen atoms in total. The van der Waals surface area contributed by atoms with Crippen molar-refractivity contribution in [3.63, 3.8) is 0 Å². The van der Waals surface area contributed by atoms with Gasteiger partial charge < -0.3 is 4.74 Å². The van der Waals surface area contributed by atoms with Gasteiger partial charge in [0, 0.05) is 0 Å². The lowest BCUT2D eigenvalue weighted by Gasteiger charge is -2.20. The van der Waals surface area contributed by atoms with Crippen molar-refractivity contribution in [3.05, 3.63) is 12.3 Å². The van der Waals surface area contributed by atoms with Crippen molar-refractivity contribution in [1.82, 2.24) is 0 Å². The summed E-state index contributed by atoms with van der Waals surface area (Å²) in [6, 6.07) is 0. The molecular weight excluding hydrogens is 148 g/mol. The van der Waals surface area contributed by atoms with Crippen molar-refractivity contribution in [2.24, 2.45) is 5.92 Å². The van der Waals surface area contributed by atoms with Gasteiger partial charge in [-0.25, -0.2) is 0 Å². The van der Waals surface area contributed by atoms with Gasteiger partial charge in [-0.2, -0.15) is 0 Å². The van der Waals surface area contributed by atoms with E-state index in [1.54, 1.807) is 6.26 Å². The molecule has 1 aliphatic carbocycles. The molecule has 1 rings (SSSR count). The molecule has 0 radical (unpaired) electrons. The predicted molar refractivity (Wildman–Crippen MR) is 52.0 cm³/mol. The summed E-state index contributed by atoms with van der Waals surface area (Å²) in [6.45, 7) is 2.90. The lowest BCUT2D eigenvalue weighted by molar-refractivity contribution is 0.203. The van der Waals surface area contributed by atoms with Crippen molar-refractivity contribution < 1.29 is 4.74 Å². The fourth-order valence-corrected chi connectivity index (χ4v) is 1.87. The van der Waals surface area contributed by atoms with Crippen molar-refractivity contribution in [3.8, 4) is 0 Å². The van der Waals surface area contributed by atoms with E-state index < -0.39 is 0 Å². The quantitative estimate of drug-likeness (QED) is 0.461. The minimum atomic E-state index is 0.912. The predicted octanol–water partition coefficient (Wildman–Crippen LogP) is 3.51. The number of hydrogen-bond donors (Lipinski definition) is 0. The van der Waals surface area contributed by atoms with Crippen LogP contribution in [0.2, 0.25) is 0 Å². The second-order valence-corrected chi connectivity index (χ2v) is 3.63. The van der Waals surface area contributed by atoms with Gasteiger partial charge in [0.15, 0.2) is 0 Å². The zero-order chi connectivity index (χ0) is 8.65. The van der Waals surface area contributed by atoms with Crippen LogP contribution in [0, 0.1) is 5.92 Å². The van der Waals surface area contributed by atoms with Crippen LogP contribution >= 0.6 is 0 Å². The van der Waals surface area contributed by atoms with Gasteiger partial charge in [-0.05, 0) is 19.3 Å². The van der Waals surface area contributed by atoms with Gasteiger partial charge in [0.1, 0.15) is 0 Å². The van der Waals surface area contributed by atoms with Gasteiger partial charge in [0.2, 0.25) is 0 Å². The molecule has 0 N–H and O–H groups in total. The molecule has 0 aliphatic heterocycles. The topological polar surface area (TPSA) is 9.23 Å². The van der Waals surface area contributed by atoms with Crippen LogP contribution in [0.3, 0.4) is 0 Å². The molecule has 0 aromatic heterocycles. The monoisotopic (exact) mass is 168 g/mol. The van der Waals surface area contributed by atoms with Crippen molar-refractivity contribution in [2.75, 3.05) is 6.61 Å². The maximum Gasteiger partial charge on any atom is 0.0875 e. The highest BCUT2D eigenvalue weighted by Gasteiger charge is 2.12. The van der Waals surface area contributed by atoms with Gasteiger partial charge in [0.05, 0.1) is 12.9 Å². The summed E-state index contributed by atoms with van der Waals surface area (Å²) in [4.78, 5) is 0. The Hall–Kier alpha value is -0.460. The molecule has 0 unspecified atom stereocenters. The van der Waals surface area contributed by atoms with E-state index in [9.17, 15) is 0 Å². The number of ether oxygens (including phenoxy) is 1. The standard InChI is InChI=1S/C11H20O/c1-2-9-12-10-8-11-6-4-3-5-7-11/h2,9,11H,3-8,10H2,1H3. The van der Waals surface area contributed by atoms with E-state index in [4.69, 9.17) is 4.74 Å². The van der Waals surface area contributed by atoms with Crippen molar-refractivity contribution >= 4 is 0 Å². The molecule has 0 amide bonds. The van der Waals surface area contributed by atoms with Crippen LogP contribution in [-0.2, 0) is 4.74 Å². The SMILES string of the molecule is CC=COCCC1CCCCC1. The number of rotatable bonds is 4. The molecule has 0 spiro atoms. The summed E-state index contributed by atoms with van der Waals surface area (Å²) < 4.78 is 5.30. The molecule has 0 bridgehead atoms. The van der Waals surface area contributed by atoms with Crippen LogP contribution < -0.4 is 0 Å². The third kappa shape index (κ3) is 3.80. The Balaban J connectivity index is 1.97. The van der Waals surface area contributed by atoms with Crippen LogP contribution in [0.1, 0.15) is 45.4 Å². The smallest absolute Gasteiger partial charge is 0.0875 e. The van der Waals surface area contributed by atoms with E-state index >= 15 is 0 Å². The van der Waals surface area contributed by atoms with E-state index in [2.05, 4.69) is 0 Å². The molecule has 70 valence electrons. The van der Waals surface area contributed by atoms with Gasteiger partial charge in [0.25, 0.3) is 0 Å². The first-order chi connectivity index (χ1) is 5.93. The third-order valence-electron chi connectivity index (χ3n) is 2.60. The number of hydrogen-bond acceptors (Lipinski definition) is 1. The highest BCUT2D eigenvalue weighted by atomic mass is 16.5. The Morgan fingerprint density at radius 2 is 2.00 bits per heavy atom. The molecular formula is C11H20O. The van der Waals surface area contributed by atoms with Crippen LogP contribution in [0.4, 0.5) is 0 Å². The zero-order valence-electron chi connectivity index (χ0n) is 8.09. The zero-order valence-corrected chi connectivity index (χ0v) is 8.09. The molecule has 0 aromatic rings. The minimum Gasteiger partial charge on any atom is -0.502 e. The fraction of sp³-hybridized carbons (Fsp3) is 0.818. The molecule has 1 saturated carbocycles. The van der Waals surface area contributed by atoms with Gasteiger partial charge in [-0.1, -0.05) is 38.2 Å². The molecule has 0 heterocycles. The molecule has 12 heavy (non-hydrogen) atoms. The Labute approximate surface area is 75.8 Å². The van der Waals surface area contributed by atoms with E-state index in [0.717, 1.165) is 12.5 Å². The Bertz CT molecular complexity index is 123. The first-order valence-electron chi connectivity index (χ1n) is 5.16. The van der Waals surface area contributed by atoms with Gasteiger partial charge in [-0.15, -0.1) is 0 Å². The van der Waals surface area contributed by atoms with Crippen LogP contribution in [0.15, 0.2) is 12.3 Å². The summed E-state index contributed by atoms with van der Waals surface area (Å²) >= 11 is 0. The summed E-state index contributed by atoms with van der Waals surface area (Å²) in [7, 11) is 0. The highest BCUT2D eigenvalue weighted by Crippen LogP contribution is 2.25. The van der Waals surface area contributed by atoms with Crippen LogP contribution in [-0.4, -0.2) is 6.61 Å². The van der Waals surface area contributed by atoms with Gasteiger partial charge in [-0.3, -0.25) is 0 Å². The first-order valence-corrected chi connectivity index (χ1v) is 5.16. The Kier molecular flexibility index (Phi) is 4.89. The molecule has 0 aromatic carbocycles. The lowest BCUT2D eigenvalue weighted by atomic mass is 9.87. The summed E-state index contributed by atoms with van der Waals surface area (Å²) in [5.74, 6) is 0.948. The minimum absolute atomic E-state index is 0.912. The summed E-state index contributed by atoms with van der Waals surface area (Å²) in [6.07, 6.45) is 12.2. The normalized spacial score (nSPS) is 20.1. The molecule has 0 saturated heterocycles. The average Bonchev–Trinajstić information content (AvgIpc) is 2.14. The molecule has 0 atom stereocenters. The fourth-order valence-electron chi connectivity index (χ4n) is 1.87. The Morgan fingerprint density at radius 3 is 2.67 bits per heavy atom. The van der Waals surface area contributed by atoms with Crippen LogP contribution in [0.5, 0.6) is 0 Å². The molecule has 1 aliphatic rings. The van der Waals surface area contributed by atoms with E-state index in [1.807, 2.05) is 13.0 Å². The highest BCUT2D eigenvalue weighted by molar-refractivity contribution is 4.68. The van der Waals surface area contributed by atoms with Crippen molar-refractivity contribution in [2.45, 2.75) is 45.4 Å². The summed E-state index contributed by atoms with van der Waals surface area (Å²) in [5, 5.41) is 0.